The Bertz CT molecular complexity index is 937. The molecule has 3 aromatic carbocycles. The minimum absolute atomic E-state index is 0.152. The molecule has 4 heteroatoms. The molecule has 0 aromatic heterocycles. The predicted octanol–water partition coefficient (Wildman–Crippen LogP) is 4.70. The van der Waals surface area contributed by atoms with Crippen LogP contribution in [-0.2, 0) is 17.6 Å². The third-order valence-corrected chi connectivity index (χ3v) is 4.60. The van der Waals surface area contributed by atoms with Gasteiger partial charge in [-0.3, -0.25) is 4.79 Å². The molecule has 1 heterocycles. The van der Waals surface area contributed by atoms with E-state index in [1.165, 1.54) is 23.4 Å². The van der Waals surface area contributed by atoms with Gasteiger partial charge in [0.05, 0.1) is 6.42 Å². The van der Waals surface area contributed by atoms with E-state index in [1.54, 1.807) is 12.1 Å². The highest BCUT2D eigenvalue weighted by molar-refractivity contribution is 5.92. The van der Waals surface area contributed by atoms with Crippen molar-refractivity contribution in [2.75, 3.05) is 16.8 Å². The second-order valence-electron chi connectivity index (χ2n) is 6.43. The van der Waals surface area contributed by atoms with Gasteiger partial charge < -0.3 is 10.2 Å². The Morgan fingerprint density at radius 1 is 1.00 bits per heavy atom. The number of nitrogens with one attached hydrogen (secondary N) is 1. The summed E-state index contributed by atoms with van der Waals surface area (Å²) >= 11 is 0. The molecule has 1 amide bonds. The third kappa shape index (κ3) is 3.45. The molecule has 0 saturated heterocycles. The van der Waals surface area contributed by atoms with Crippen molar-refractivity contribution >= 4 is 23.0 Å². The van der Waals surface area contributed by atoms with Crippen molar-refractivity contribution in [3.8, 4) is 0 Å². The minimum atomic E-state index is -0.328. The van der Waals surface area contributed by atoms with Crippen LogP contribution in [0, 0.1) is 5.82 Å². The molecule has 0 unspecified atom stereocenters. The average molecular weight is 346 g/mol. The van der Waals surface area contributed by atoms with Crippen LogP contribution in [0.2, 0.25) is 0 Å². The van der Waals surface area contributed by atoms with E-state index in [4.69, 9.17) is 0 Å². The molecule has 3 nitrogen and oxygen atoms in total. The summed E-state index contributed by atoms with van der Waals surface area (Å²) in [7, 11) is 0. The van der Waals surface area contributed by atoms with Crippen LogP contribution in [0.5, 0.6) is 0 Å². The van der Waals surface area contributed by atoms with Crippen molar-refractivity contribution in [3.63, 3.8) is 0 Å². The molecule has 0 atom stereocenters. The third-order valence-electron chi connectivity index (χ3n) is 4.60. The SMILES string of the molecule is O=C(Cc1cccc(F)c1)Nc1ccc(N2CCc3ccccc32)cc1. The summed E-state index contributed by atoms with van der Waals surface area (Å²) in [6.45, 7) is 0.963. The quantitative estimate of drug-likeness (QED) is 0.742. The maximum atomic E-state index is 13.2. The fourth-order valence-electron chi connectivity index (χ4n) is 3.37. The van der Waals surface area contributed by atoms with Crippen molar-refractivity contribution in [2.45, 2.75) is 12.8 Å². The second-order valence-corrected chi connectivity index (χ2v) is 6.43. The molecule has 1 aliphatic rings. The topological polar surface area (TPSA) is 32.3 Å². The zero-order chi connectivity index (χ0) is 17.9. The van der Waals surface area contributed by atoms with Crippen LogP contribution in [0.3, 0.4) is 0 Å². The molecular weight excluding hydrogens is 327 g/mol. The number of nitrogens with zero attached hydrogens (tertiary/aromatic N) is 1. The van der Waals surface area contributed by atoms with Crippen LogP contribution >= 0.6 is 0 Å². The lowest BCUT2D eigenvalue weighted by Gasteiger charge is -2.20. The van der Waals surface area contributed by atoms with Crippen LogP contribution < -0.4 is 10.2 Å². The highest BCUT2D eigenvalue weighted by Gasteiger charge is 2.19. The van der Waals surface area contributed by atoms with E-state index in [0.717, 1.165) is 24.3 Å². The Labute approximate surface area is 152 Å². The number of carbonyl (C=O) groups is 1. The van der Waals surface area contributed by atoms with Gasteiger partial charge in [-0.25, -0.2) is 4.39 Å². The number of hydrogen-bond donors (Lipinski definition) is 1. The van der Waals surface area contributed by atoms with Crippen LogP contribution in [-0.4, -0.2) is 12.5 Å². The molecule has 0 bridgehead atoms. The van der Waals surface area contributed by atoms with Gasteiger partial charge in [-0.2, -0.15) is 0 Å². The largest absolute Gasteiger partial charge is 0.341 e. The normalized spacial score (nSPS) is 12.7. The molecule has 0 saturated carbocycles. The van der Waals surface area contributed by atoms with Crippen LogP contribution in [0.15, 0.2) is 72.8 Å². The highest BCUT2D eigenvalue weighted by Crippen LogP contribution is 2.34. The van der Waals surface area contributed by atoms with E-state index in [9.17, 15) is 9.18 Å². The smallest absolute Gasteiger partial charge is 0.228 e. The predicted molar refractivity (Wildman–Crippen MR) is 102 cm³/mol. The van der Waals surface area contributed by atoms with E-state index in [-0.39, 0.29) is 18.1 Å². The van der Waals surface area contributed by atoms with E-state index < -0.39 is 0 Å². The first kappa shape index (κ1) is 16.3. The number of hydrogen-bond acceptors (Lipinski definition) is 2. The zero-order valence-corrected chi connectivity index (χ0v) is 14.3. The average Bonchev–Trinajstić information content (AvgIpc) is 3.06. The molecule has 0 spiro atoms. The zero-order valence-electron chi connectivity index (χ0n) is 14.3. The molecule has 130 valence electrons. The van der Waals surface area contributed by atoms with E-state index >= 15 is 0 Å². The second kappa shape index (κ2) is 7.00. The summed E-state index contributed by atoms with van der Waals surface area (Å²) in [5.74, 6) is -0.486. The number of anilines is 3. The van der Waals surface area contributed by atoms with Crippen LogP contribution in [0.4, 0.5) is 21.5 Å². The van der Waals surface area contributed by atoms with Crippen LogP contribution in [0.25, 0.3) is 0 Å². The summed E-state index contributed by atoms with van der Waals surface area (Å²) in [4.78, 5) is 14.4. The van der Waals surface area contributed by atoms with Gasteiger partial charge in [0, 0.05) is 23.6 Å². The number of fused-ring (bicyclic) bond motifs is 1. The fourth-order valence-corrected chi connectivity index (χ4v) is 3.37. The lowest BCUT2D eigenvalue weighted by Crippen LogP contribution is -2.15. The molecule has 1 aliphatic heterocycles. The van der Waals surface area contributed by atoms with Gasteiger partial charge in [-0.1, -0.05) is 30.3 Å². The summed E-state index contributed by atoms with van der Waals surface area (Å²) < 4.78 is 13.2. The molecule has 0 fully saturated rings. The molecule has 0 radical (unpaired) electrons. The number of rotatable bonds is 4. The van der Waals surface area contributed by atoms with Gasteiger partial charge in [0.25, 0.3) is 0 Å². The maximum Gasteiger partial charge on any atom is 0.228 e. The Hall–Kier alpha value is -3.14. The minimum Gasteiger partial charge on any atom is -0.341 e. The van der Waals surface area contributed by atoms with E-state index in [1.807, 2.05) is 24.3 Å². The summed E-state index contributed by atoms with van der Waals surface area (Å²) in [6, 6.07) is 22.4. The van der Waals surface area contributed by atoms with Gasteiger partial charge in [-0.15, -0.1) is 0 Å². The van der Waals surface area contributed by atoms with Gasteiger partial charge in [0.2, 0.25) is 5.91 Å². The monoisotopic (exact) mass is 346 g/mol. The van der Waals surface area contributed by atoms with Crippen molar-refractivity contribution in [1.82, 2.24) is 0 Å². The fraction of sp³-hybridized carbons (Fsp3) is 0.136. The molecular formula is C22H19FN2O. The van der Waals surface area contributed by atoms with Gasteiger partial charge in [-0.05, 0) is 60.0 Å². The summed E-state index contributed by atoms with van der Waals surface area (Å²) in [5.41, 5.74) is 5.11. The van der Waals surface area contributed by atoms with Crippen molar-refractivity contribution in [3.05, 3.63) is 89.7 Å². The first-order chi connectivity index (χ1) is 12.7. The molecule has 3 aromatic rings. The highest BCUT2D eigenvalue weighted by atomic mass is 19.1. The number of amides is 1. The number of para-hydroxylation sites is 1. The van der Waals surface area contributed by atoms with E-state index in [2.05, 4.69) is 34.5 Å². The van der Waals surface area contributed by atoms with E-state index in [0.29, 0.717) is 5.56 Å². The van der Waals surface area contributed by atoms with Gasteiger partial charge >= 0.3 is 0 Å². The maximum absolute atomic E-state index is 13.2. The lowest BCUT2D eigenvalue weighted by molar-refractivity contribution is -0.115. The molecule has 1 N–H and O–H groups in total. The Morgan fingerprint density at radius 2 is 1.81 bits per heavy atom. The summed E-state index contributed by atoms with van der Waals surface area (Å²) in [6.07, 6.45) is 1.20. The number of benzene rings is 3. The first-order valence-electron chi connectivity index (χ1n) is 8.69. The Balaban J connectivity index is 1.43. The standard InChI is InChI=1S/C22H19FN2O/c23-18-6-3-4-16(14-18)15-22(26)24-19-8-10-20(11-9-19)25-13-12-17-5-1-2-7-21(17)25/h1-11,14H,12-13,15H2,(H,24,26). The van der Waals surface area contributed by atoms with Crippen molar-refractivity contribution in [2.24, 2.45) is 0 Å². The number of carbonyl (C=O) groups excluding carboxylic acids is 1. The van der Waals surface area contributed by atoms with Gasteiger partial charge in [0.1, 0.15) is 5.82 Å². The molecule has 0 aliphatic carbocycles. The lowest BCUT2D eigenvalue weighted by atomic mass is 10.1. The van der Waals surface area contributed by atoms with Gasteiger partial charge in [0.15, 0.2) is 0 Å². The first-order valence-corrected chi connectivity index (χ1v) is 8.69. The molecule has 26 heavy (non-hydrogen) atoms. The Kier molecular flexibility index (Phi) is 4.40. The summed E-state index contributed by atoms with van der Waals surface area (Å²) in [5, 5.41) is 2.87. The van der Waals surface area contributed by atoms with Crippen molar-refractivity contribution < 1.29 is 9.18 Å². The van der Waals surface area contributed by atoms with Crippen LogP contribution in [0.1, 0.15) is 11.1 Å². The number of halogens is 1. The molecule has 4 rings (SSSR count). The van der Waals surface area contributed by atoms with Crippen molar-refractivity contribution in [1.29, 1.82) is 0 Å². The Morgan fingerprint density at radius 3 is 2.62 bits per heavy atom.